The molecule has 0 saturated heterocycles. The molecule has 6 heteroatoms. The van der Waals surface area contributed by atoms with Crippen molar-refractivity contribution in [2.45, 2.75) is 18.9 Å². The van der Waals surface area contributed by atoms with E-state index in [-0.39, 0.29) is 30.9 Å². The lowest BCUT2D eigenvalue weighted by molar-refractivity contribution is -0.141. The first-order chi connectivity index (χ1) is 9.51. The lowest BCUT2D eigenvalue weighted by Gasteiger charge is -2.26. The normalized spacial score (nSPS) is 15.3. The van der Waals surface area contributed by atoms with Crippen molar-refractivity contribution in [3.05, 3.63) is 23.8 Å². The van der Waals surface area contributed by atoms with Crippen molar-refractivity contribution in [2.24, 2.45) is 5.73 Å². The highest BCUT2D eigenvalue weighted by Crippen LogP contribution is 2.32. The Hall–Kier alpha value is -2.08. The van der Waals surface area contributed by atoms with Crippen molar-refractivity contribution < 1.29 is 19.1 Å². The van der Waals surface area contributed by atoms with Gasteiger partial charge in [0.1, 0.15) is 5.75 Å². The van der Waals surface area contributed by atoms with Crippen molar-refractivity contribution in [3.8, 4) is 5.75 Å². The minimum absolute atomic E-state index is 0.0602. The summed E-state index contributed by atoms with van der Waals surface area (Å²) < 4.78 is 9.94. The van der Waals surface area contributed by atoms with E-state index in [1.54, 1.807) is 11.9 Å². The van der Waals surface area contributed by atoms with Gasteiger partial charge >= 0.3 is 5.97 Å². The van der Waals surface area contributed by atoms with E-state index >= 15 is 0 Å². The maximum absolute atomic E-state index is 11.6. The van der Waals surface area contributed by atoms with Gasteiger partial charge in [0.05, 0.1) is 19.2 Å². The van der Waals surface area contributed by atoms with E-state index in [2.05, 4.69) is 4.74 Å². The second kappa shape index (κ2) is 5.92. The Morgan fingerprint density at radius 1 is 1.55 bits per heavy atom. The molecule has 1 aliphatic rings. The van der Waals surface area contributed by atoms with Crippen LogP contribution in [0.3, 0.4) is 0 Å². The van der Waals surface area contributed by atoms with E-state index in [1.807, 2.05) is 18.2 Å². The molecular weight excluding hydrogens is 260 g/mol. The number of carbonyl (C=O) groups is 2. The zero-order valence-corrected chi connectivity index (χ0v) is 11.6. The fourth-order valence-electron chi connectivity index (χ4n) is 2.12. The number of ether oxygens (including phenoxy) is 2. The molecule has 1 amide bonds. The number of hydrogen-bond acceptors (Lipinski definition) is 5. The molecule has 1 aromatic carbocycles. The van der Waals surface area contributed by atoms with Gasteiger partial charge in [-0.15, -0.1) is 0 Å². The van der Waals surface area contributed by atoms with Crippen LogP contribution in [0.4, 0.5) is 5.69 Å². The summed E-state index contributed by atoms with van der Waals surface area (Å²) in [6.45, 7) is 0.0602. The molecule has 0 bridgehead atoms. The van der Waals surface area contributed by atoms with Crippen LogP contribution in [0.1, 0.15) is 12.0 Å². The third-order valence-electron chi connectivity index (χ3n) is 3.26. The maximum Gasteiger partial charge on any atom is 0.307 e. The molecule has 1 aliphatic heterocycles. The first kappa shape index (κ1) is 14.3. The van der Waals surface area contributed by atoms with Gasteiger partial charge in [-0.2, -0.15) is 0 Å². The molecule has 1 heterocycles. The molecule has 1 aromatic rings. The Kier molecular flexibility index (Phi) is 4.24. The van der Waals surface area contributed by atoms with Crippen LogP contribution in [0, 0.1) is 0 Å². The van der Waals surface area contributed by atoms with Gasteiger partial charge < -0.3 is 20.1 Å². The number of hydrogen-bond donors (Lipinski definition) is 1. The van der Waals surface area contributed by atoms with Gasteiger partial charge in [0.2, 0.25) is 0 Å². The van der Waals surface area contributed by atoms with Gasteiger partial charge in [0.25, 0.3) is 5.91 Å². The first-order valence-corrected chi connectivity index (χ1v) is 6.36. The third-order valence-corrected chi connectivity index (χ3v) is 3.26. The largest absolute Gasteiger partial charge is 0.482 e. The van der Waals surface area contributed by atoms with Crippen LogP contribution in [0.2, 0.25) is 0 Å². The standard InChI is InChI=1S/C14H18N2O4/c1-16-11-6-9(5-10(15)7-14(18)19-2)3-4-12(11)20-8-13(16)17/h3-4,6,10H,5,7-8,15H2,1-2H3. The van der Waals surface area contributed by atoms with E-state index in [0.717, 1.165) is 11.3 Å². The molecule has 0 radical (unpaired) electrons. The van der Waals surface area contributed by atoms with Gasteiger partial charge in [-0.25, -0.2) is 0 Å². The number of esters is 1. The van der Waals surface area contributed by atoms with E-state index in [4.69, 9.17) is 10.5 Å². The van der Waals surface area contributed by atoms with Crippen LogP contribution in [-0.2, 0) is 20.7 Å². The second-order valence-electron chi connectivity index (χ2n) is 4.79. The lowest BCUT2D eigenvalue weighted by atomic mass is 10.0. The average Bonchev–Trinajstić information content (AvgIpc) is 2.43. The number of carbonyl (C=O) groups excluding carboxylic acids is 2. The molecule has 2 N–H and O–H groups in total. The van der Waals surface area contributed by atoms with Gasteiger partial charge in [-0.3, -0.25) is 9.59 Å². The Morgan fingerprint density at radius 2 is 2.30 bits per heavy atom. The van der Waals surface area contributed by atoms with Crippen molar-refractivity contribution in [2.75, 3.05) is 25.7 Å². The molecule has 108 valence electrons. The molecular formula is C14H18N2O4. The molecule has 1 atom stereocenters. The number of nitrogens with zero attached hydrogens (tertiary/aromatic N) is 1. The molecule has 2 rings (SSSR count). The van der Waals surface area contributed by atoms with Crippen LogP contribution >= 0.6 is 0 Å². The molecule has 0 spiro atoms. The number of likely N-dealkylation sites (N-methyl/N-ethyl adjacent to an activating group) is 1. The highest BCUT2D eigenvalue weighted by molar-refractivity contribution is 5.97. The summed E-state index contributed by atoms with van der Waals surface area (Å²) in [5.41, 5.74) is 7.58. The molecule has 0 saturated carbocycles. The summed E-state index contributed by atoms with van der Waals surface area (Å²) >= 11 is 0. The first-order valence-electron chi connectivity index (χ1n) is 6.36. The summed E-state index contributed by atoms with van der Waals surface area (Å²) in [5.74, 6) is 0.261. The zero-order chi connectivity index (χ0) is 14.7. The number of anilines is 1. The number of fused-ring (bicyclic) bond motifs is 1. The maximum atomic E-state index is 11.6. The zero-order valence-electron chi connectivity index (χ0n) is 11.6. The molecule has 6 nitrogen and oxygen atoms in total. The van der Waals surface area contributed by atoms with Crippen LogP contribution in [0.15, 0.2) is 18.2 Å². The van der Waals surface area contributed by atoms with Crippen LogP contribution < -0.4 is 15.4 Å². The predicted molar refractivity (Wildman–Crippen MR) is 73.7 cm³/mol. The van der Waals surface area contributed by atoms with Crippen molar-refractivity contribution in [3.63, 3.8) is 0 Å². The van der Waals surface area contributed by atoms with Crippen LogP contribution in [0.25, 0.3) is 0 Å². The topological polar surface area (TPSA) is 81.9 Å². The van der Waals surface area contributed by atoms with Gasteiger partial charge in [0, 0.05) is 13.1 Å². The fraction of sp³-hybridized carbons (Fsp3) is 0.429. The Balaban J connectivity index is 2.11. The highest BCUT2D eigenvalue weighted by atomic mass is 16.5. The smallest absolute Gasteiger partial charge is 0.307 e. The van der Waals surface area contributed by atoms with Crippen LogP contribution in [0.5, 0.6) is 5.75 Å². The van der Waals surface area contributed by atoms with Gasteiger partial charge in [0.15, 0.2) is 6.61 Å². The molecule has 1 unspecified atom stereocenters. The summed E-state index contributed by atoms with van der Waals surface area (Å²) in [4.78, 5) is 24.3. The van der Waals surface area contributed by atoms with Crippen molar-refractivity contribution in [1.29, 1.82) is 0 Å². The highest BCUT2D eigenvalue weighted by Gasteiger charge is 2.22. The number of methoxy groups -OCH3 is 1. The molecule has 0 aromatic heterocycles. The Bertz CT molecular complexity index is 530. The van der Waals surface area contributed by atoms with Gasteiger partial charge in [-0.05, 0) is 24.1 Å². The summed E-state index contributed by atoms with van der Waals surface area (Å²) in [5, 5.41) is 0. The summed E-state index contributed by atoms with van der Waals surface area (Å²) in [6, 6.07) is 5.26. The minimum atomic E-state index is -0.328. The van der Waals surface area contributed by atoms with E-state index < -0.39 is 0 Å². The number of rotatable bonds is 4. The third kappa shape index (κ3) is 3.08. The minimum Gasteiger partial charge on any atom is -0.482 e. The fourth-order valence-corrected chi connectivity index (χ4v) is 2.12. The summed E-state index contributed by atoms with van der Waals surface area (Å²) in [7, 11) is 3.05. The van der Waals surface area contributed by atoms with E-state index in [0.29, 0.717) is 12.2 Å². The number of amides is 1. The van der Waals surface area contributed by atoms with E-state index in [1.165, 1.54) is 7.11 Å². The Morgan fingerprint density at radius 3 is 3.00 bits per heavy atom. The number of benzene rings is 1. The van der Waals surface area contributed by atoms with Crippen molar-refractivity contribution >= 4 is 17.6 Å². The molecule has 0 fully saturated rings. The summed E-state index contributed by atoms with van der Waals surface area (Å²) in [6.07, 6.45) is 0.698. The average molecular weight is 278 g/mol. The lowest BCUT2D eigenvalue weighted by Crippen LogP contribution is -2.35. The monoisotopic (exact) mass is 278 g/mol. The Labute approximate surface area is 117 Å². The predicted octanol–water partition coefficient (Wildman–Crippen LogP) is 0.475. The SMILES string of the molecule is COC(=O)CC(N)Cc1ccc2c(c1)N(C)C(=O)CO2. The van der Waals surface area contributed by atoms with Crippen LogP contribution in [-0.4, -0.2) is 38.7 Å². The van der Waals surface area contributed by atoms with Gasteiger partial charge in [-0.1, -0.05) is 6.07 Å². The second-order valence-corrected chi connectivity index (χ2v) is 4.79. The number of nitrogens with two attached hydrogens (primary N) is 1. The van der Waals surface area contributed by atoms with Crippen molar-refractivity contribution in [1.82, 2.24) is 0 Å². The molecule has 0 aliphatic carbocycles. The van der Waals surface area contributed by atoms with E-state index in [9.17, 15) is 9.59 Å². The molecule has 20 heavy (non-hydrogen) atoms. The quantitative estimate of drug-likeness (QED) is 0.810.